The average molecular weight is 386 g/mol. The van der Waals surface area contributed by atoms with Gasteiger partial charge in [0, 0.05) is 23.9 Å². The zero-order chi connectivity index (χ0) is 19.8. The van der Waals surface area contributed by atoms with Crippen molar-refractivity contribution in [2.75, 3.05) is 20.2 Å². The number of nitrogens with zero attached hydrogens (tertiary/aromatic N) is 1. The lowest BCUT2D eigenvalue weighted by atomic mass is 9.93. The largest absolute Gasteiger partial charge is 0.495 e. The van der Waals surface area contributed by atoms with Crippen LogP contribution < -0.4 is 4.74 Å². The van der Waals surface area contributed by atoms with Crippen molar-refractivity contribution < 1.29 is 9.53 Å². The lowest BCUT2D eigenvalue weighted by Gasteiger charge is -2.30. The summed E-state index contributed by atoms with van der Waals surface area (Å²) >= 11 is 0. The molecule has 0 amide bonds. The Morgan fingerprint density at radius 2 is 1.90 bits per heavy atom. The standard InChI is InChI=1S/C25H26N2O2/c1-29-22-9-5-8-20-21-15-19(25(28)24(21)26-23(20)22)14-17-10-12-27(13-11-17)16-18-6-3-2-4-7-18/h2-9,14,17,26H,10-13,15-16H2,1H3. The van der Waals surface area contributed by atoms with Crippen LogP contribution in [0.15, 0.2) is 60.2 Å². The summed E-state index contributed by atoms with van der Waals surface area (Å²) in [6, 6.07) is 16.7. The maximum Gasteiger partial charge on any atom is 0.205 e. The number of H-pyrrole nitrogens is 1. The molecule has 0 spiro atoms. The summed E-state index contributed by atoms with van der Waals surface area (Å²) in [5.41, 5.74) is 5.13. The van der Waals surface area contributed by atoms with Gasteiger partial charge in [-0.2, -0.15) is 0 Å². The molecule has 148 valence electrons. The minimum Gasteiger partial charge on any atom is -0.495 e. The normalized spacial score (nSPS) is 19.2. The van der Waals surface area contributed by atoms with Crippen molar-refractivity contribution in [3.63, 3.8) is 0 Å². The molecule has 0 saturated carbocycles. The van der Waals surface area contributed by atoms with E-state index in [0.717, 1.165) is 72.4 Å². The van der Waals surface area contributed by atoms with E-state index in [2.05, 4.69) is 52.4 Å². The molecule has 1 aliphatic carbocycles. The second-order valence-corrected chi connectivity index (χ2v) is 8.16. The van der Waals surface area contributed by atoms with Crippen LogP contribution in [0.1, 0.15) is 34.5 Å². The highest BCUT2D eigenvalue weighted by molar-refractivity contribution is 6.16. The summed E-state index contributed by atoms with van der Waals surface area (Å²) in [5, 5.41) is 1.11. The Morgan fingerprint density at radius 1 is 1.10 bits per heavy atom. The van der Waals surface area contributed by atoms with Gasteiger partial charge in [0.15, 0.2) is 0 Å². The summed E-state index contributed by atoms with van der Waals surface area (Å²) in [4.78, 5) is 18.8. The second-order valence-electron chi connectivity index (χ2n) is 8.16. The Hall–Kier alpha value is -2.85. The van der Waals surface area contributed by atoms with Gasteiger partial charge in [0.25, 0.3) is 0 Å². The molecule has 2 aliphatic rings. The predicted octanol–water partition coefficient (Wildman–Crippen LogP) is 4.75. The maximum absolute atomic E-state index is 13.0. The maximum atomic E-state index is 13.0. The van der Waals surface area contributed by atoms with E-state index in [1.54, 1.807) is 7.11 Å². The highest BCUT2D eigenvalue weighted by Gasteiger charge is 2.30. The van der Waals surface area contributed by atoms with Gasteiger partial charge in [-0.05, 0) is 49.0 Å². The average Bonchev–Trinajstić information content (AvgIpc) is 3.27. The predicted molar refractivity (Wildman–Crippen MR) is 115 cm³/mol. The number of nitrogens with one attached hydrogen (secondary N) is 1. The monoisotopic (exact) mass is 386 g/mol. The van der Waals surface area contributed by atoms with Crippen LogP contribution in [0.3, 0.4) is 0 Å². The van der Waals surface area contributed by atoms with E-state index >= 15 is 0 Å². The van der Waals surface area contributed by atoms with Crippen molar-refractivity contribution >= 4 is 16.7 Å². The first kappa shape index (κ1) is 18.2. The van der Waals surface area contributed by atoms with Gasteiger partial charge in [0.1, 0.15) is 5.75 Å². The molecule has 2 aromatic carbocycles. The van der Waals surface area contributed by atoms with Crippen LogP contribution in [-0.4, -0.2) is 35.9 Å². The Bertz CT molecular complexity index is 1070. The summed E-state index contributed by atoms with van der Waals surface area (Å²) in [6.07, 6.45) is 5.21. The number of para-hydroxylation sites is 1. The lowest BCUT2D eigenvalue weighted by Crippen LogP contribution is -2.32. The second kappa shape index (κ2) is 7.53. The van der Waals surface area contributed by atoms with Crippen LogP contribution in [0.4, 0.5) is 0 Å². The first-order chi connectivity index (χ1) is 14.2. The number of hydrogen-bond acceptors (Lipinski definition) is 3. The van der Waals surface area contributed by atoms with Gasteiger partial charge in [-0.15, -0.1) is 0 Å². The van der Waals surface area contributed by atoms with Crippen molar-refractivity contribution in [3.05, 3.63) is 77.0 Å². The van der Waals surface area contributed by atoms with E-state index in [1.165, 1.54) is 5.56 Å². The summed E-state index contributed by atoms with van der Waals surface area (Å²) in [5.74, 6) is 1.44. The number of allylic oxidation sites excluding steroid dienone is 2. The number of ketones is 1. The van der Waals surface area contributed by atoms with Gasteiger partial charge in [-0.25, -0.2) is 0 Å². The third-order valence-electron chi connectivity index (χ3n) is 6.33. The van der Waals surface area contributed by atoms with Crippen molar-refractivity contribution in [2.24, 2.45) is 5.92 Å². The fourth-order valence-electron chi connectivity index (χ4n) is 4.76. The van der Waals surface area contributed by atoms with E-state index in [0.29, 0.717) is 5.92 Å². The Balaban J connectivity index is 1.28. The van der Waals surface area contributed by atoms with Crippen molar-refractivity contribution in [1.29, 1.82) is 0 Å². The smallest absolute Gasteiger partial charge is 0.205 e. The van der Waals surface area contributed by atoms with Gasteiger partial charge in [0.2, 0.25) is 5.78 Å². The summed E-state index contributed by atoms with van der Waals surface area (Å²) in [7, 11) is 1.66. The molecule has 1 fully saturated rings. The van der Waals surface area contributed by atoms with E-state index < -0.39 is 0 Å². The quantitative estimate of drug-likeness (QED) is 0.658. The molecule has 1 N–H and O–H groups in total. The van der Waals surface area contributed by atoms with Gasteiger partial charge < -0.3 is 9.72 Å². The summed E-state index contributed by atoms with van der Waals surface area (Å²) < 4.78 is 5.44. The number of likely N-dealkylation sites (tertiary alicyclic amines) is 1. The molecule has 0 bridgehead atoms. The third kappa shape index (κ3) is 3.38. The zero-order valence-corrected chi connectivity index (χ0v) is 16.8. The zero-order valence-electron chi connectivity index (χ0n) is 16.8. The topological polar surface area (TPSA) is 45.3 Å². The minimum atomic E-state index is 0.157. The molecule has 1 saturated heterocycles. The highest BCUT2D eigenvalue weighted by atomic mass is 16.5. The molecule has 4 nitrogen and oxygen atoms in total. The van der Waals surface area contributed by atoms with Gasteiger partial charge in [-0.1, -0.05) is 48.5 Å². The minimum absolute atomic E-state index is 0.157. The molecular weight excluding hydrogens is 360 g/mol. The number of ether oxygens (including phenoxy) is 1. The fraction of sp³-hybridized carbons (Fsp3) is 0.320. The van der Waals surface area contributed by atoms with Crippen LogP contribution in [0.5, 0.6) is 5.75 Å². The molecule has 2 heterocycles. The van der Waals surface area contributed by atoms with Crippen molar-refractivity contribution in [3.8, 4) is 5.75 Å². The summed E-state index contributed by atoms with van der Waals surface area (Å²) in [6.45, 7) is 3.19. The number of aromatic amines is 1. The molecule has 3 aromatic rings. The van der Waals surface area contributed by atoms with Gasteiger partial charge >= 0.3 is 0 Å². The molecule has 1 aromatic heterocycles. The van der Waals surface area contributed by atoms with Crippen molar-refractivity contribution in [2.45, 2.75) is 25.8 Å². The number of carbonyl (C=O) groups is 1. The Kier molecular flexibility index (Phi) is 4.72. The number of methoxy groups -OCH3 is 1. The third-order valence-corrected chi connectivity index (χ3v) is 6.33. The van der Waals surface area contributed by atoms with Crippen LogP contribution in [0.25, 0.3) is 10.9 Å². The van der Waals surface area contributed by atoms with Crippen LogP contribution >= 0.6 is 0 Å². The van der Waals surface area contributed by atoms with Crippen LogP contribution in [0, 0.1) is 5.92 Å². The molecule has 1 aliphatic heterocycles. The van der Waals surface area contributed by atoms with Gasteiger partial charge in [-0.3, -0.25) is 9.69 Å². The molecule has 0 unspecified atom stereocenters. The number of Topliss-reactive ketones (excluding diaryl/α,β-unsaturated/α-hetero) is 1. The van der Waals surface area contributed by atoms with Crippen LogP contribution in [-0.2, 0) is 13.0 Å². The number of aromatic nitrogens is 1. The molecule has 0 radical (unpaired) electrons. The fourth-order valence-corrected chi connectivity index (χ4v) is 4.76. The van der Waals surface area contributed by atoms with E-state index in [-0.39, 0.29) is 5.78 Å². The first-order valence-corrected chi connectivity index (χ1v) is 10.4. The molecule has 4 heteroatoms. The Morgan fingerprint density at radius 3 is 2.66 bits per heavy atom. The molecule has 5 rings (SSSR count). The Labute approximate surface area is 171 Å². The first-order valence-electron chi connectivity index (χ1n) is 10.4. The number of fused-ring (bicyclic) bond motifs is 3. The van der Waals surface area contributed by atoms with E-state index in [4.69, 9.17) is 4.74 Å². The van der Waals surface area contributed by atoms with Gasteiger partial charge in [0.05, 0.1) is 18.3 Å². The highest BCUT2D eigenvalue weighted by Crippen LogP contribution is 2.37. The SMILES string of the molecule is COc1cccc2c3c([nH]c12)C(=O)C(=CC1CCN(Cc2ccccc2)CC1)C3. The lowest BCUT2D eigenvalue weighted by molar-refractivity contribution is 0.103. The number of piperidine rings is 1. The number of carbonyl (C=O) groups excluding carboxylic acids is 1. The number of rotatable bonds is 4. The number of hydrogen-bond donors (Lipinski definition) is 1. The van der Waals surface area contributed by atoms with Crippen molar-refractivity contribution in [1.82, 2.24) is 9.88 Å². The van der Waals surface area contributed by atoms with E-state index in [9.17, 15) is 4.79 Å². The molecule has 0 atom stereocenters. The molecular formula is C25H26N2O2. The van der Waals surface area contributed by atoms with E-state index in [1.807, 2.05) is 12.1 Å². The molecule has 29 heavy (non-hydrogen) atoms. The van der Waals surface area contributed by atoms with Crippen LogP contribution in [0.2, 0.25) is 0 Å². The number of benzene rings is 2.